The summed E-state index contributed by atoms with van der Waals surface area (Å²) in [4.78, 5) is 13.5. The van der Waals surface area contributed by atoms with Crippen molar-refractivity contribution in [2.75, 3.05) is 20.7 Å². The fourth-order valence-electron chi connectivity index (χ4n) is 6.88. The van der Waals surface area contributed by atoms with E-state index in [1.807, 2.05) is 18.2 Å². The predicted molar refractivity (Wildman–Crippen MR) is 98.2 cm³/mol. The number of fused-ring (bicyclic) bond motifs is 1. The Morgan fingerprint density at radius 1 is 1.29 bits per heavy atom. The number of carbonyl (C=O) groups excluding carboxylic acids is 1. The third kappa shape index (κ3) is 1.46. The molecule has 5 atom stereocenters. The van der Waals surface area contributed by atoms with Crippen LogP contribution in [0.15, 0.2) is 36.6 Å². The minimum atomic E-state index is -0.579. The molecule has 2 aliphatic heterocycles. The second-order valence-corrected chi connectivity index (χ2v) is 8.44. The van der Waals surface area contributed by atoms with Gasteiger partial charge in [0.15, 0.2) is 24.1 Å². The van der Waals surface area contributed by atoms with Crippen LogP contribution in [0.3, 0.4) is 0 Å². The minimum Gasteiger partial charge on any atom is -0.493 e. The molecule has 2 spiro atoms. The van der Waals surface area contributed by atoms with E-state index < -0.39 is 11.0 Å². The van der Waals surface area contributed by atoms with Crippen molar-refractivity contribution in [1.29, 1.82) is 0 Å². The van der Waals surface area contributed by atoms with Crippen LogP contribution in [-0.2, 0) is 14.3 Å². The van der Waals surface area contributed by atoms with Gasteiger partial charge in [-0.2, -0.15) is 0 Å². The Bertz CT molecular complexity index is 966. The van der Waals surface area contributed by atoms with E-state index in [2.05, 4.69) is 13.5 Å². The van der Waals surface area contributed by atoms with Crippen molar-refractivity contribution in [3.8, 4) is 17.2 Å². The number of hydrogen-bond donors (Lipinski definition) is 0. The van der Waals surface area contributed by atoms with Crippen molar-refractivity contribution in [3.63, 3.8) is 0 Å². The van der Waals surface area contributed by atoms with Crippen LogP contribution in [0.25, 0.3) is 0 Å². The van der Waals surface area contributed by atoms with Crippen molar-refractivity contribution in [2.45, 2.75) is 31.3 Å². The molecule has 5 aliphatic rings. The lowest BCUT2D eigenvalue weighted by atomic mass is 9.38. The van der Waals surface area contributed by atoms with E-state index in [1.54, 1.807) is 13.2 Å². The van der Waals surface area contributed by atoms with Gasteiger partial charge in [0.2, 0.25) is 12.5 Å². The summed E-state index contributed by atoms with van der Waals surface area (Å²) in [5, 5.41) is 0. The fraction of sp³-hybridized carbons (Fsp3) is 0.500. The van der Waals surface area contributed by atoms with Crippen LogP contribution in [0, 0.1) is 16.7 Å². The molecule has 0 N–H and O–H groups in total. The maximum absolute atomic E-state index is 13.5. The maximum Gasteiger partial charge on any atom is 0.231 e. The lowest BCUT2D eigenvalue weighted by molar-refractivity contribution is -0.167. The molecule has 0 bridgehead atoms. The van der Waals surface area contributed by atoms with Crippen molar-refractivity contribution in [3.05, 3.63) is 42.2 Å². The fourth-order valence-corrected chi connectivity index (χ4v) is 6.88. The van der Waals surface area contributed by atoms with Crippen molar-refractivity contribution in [1.82, 2.24) is 0 Å². The smallest absolute Gasteiger partial charge is 0.231 e. The average Bonchev–Trinajstić information content (AvgIpc) is 2.97. The zero-order valence-electron chi connectivity index (χ0n) is 15.9. The summed E-state index contributed by atoms with van der Waals surface area (Å²) in [6.07, 6.45) is 4.96. The Morgan fingerprint density at radius 2 is 2.14 bits per heavy atom. The summed E-state index contributed by atoms with van der Waals surface area (Å²) in [7, 11) is 1.62. The van der Waals surface area contributed by atoms with Gasteiger partial charge in [-0.05, 0) is 36.5 Å². The number of carbonyl (C=O) groups is 1. The van der Waals surface area contributed by atoms with Crippen LogP contribution in [0.2, 0.25) is 0 Å². The first kappa shape index (κ1) is 16.5. The van der Waals surface area contributed by atoms with Gasteiger partial charge in [0.1, 0.15) is 11.4 Å². The lowest BCUT2D eigenvalue weighted by Crippen LogP contribution is -2.64. The highest BCUT2D eigenvalue weighted by molar-refractivity contribution is 6.02. The third-order valence-corrected chi connectivity index (χ3v) is 7.85. The second-order valence-electron chi connectivity index (χ2n) is 8.44. The van der Waals surface area contributed by atoms with Gasteiger partial charge >= 0.3 is 0 Å². The Hall–Kier alpha value is -2.47. The monoisotopic (exact) mass is 382 g/mol. The molecule has 146 valence electrons. The molecule has 0 radical (unpaired) electrons. The van der Waals surface area contributed by atoms with Crippen LogP contribution in [-0.4, -0.2) is 32.1 Å². The molecule has 6 heteroatoms. The Balaban J connectivity index is 1.53. The number of ether oxygens (including phenoxy) is 5. The van der Waals surface area contributed by atoms with E-state index in [1.165, 1.54) is 0 Å². The molecule has 3 fully saturated rings. The van der Waals surface area contributed by atoms with Gasteiger partial charge in [0.25, 0.3) is 0 Å². The number of hydrogen-bond acceptors (Lipinski definition) is 6. The number of benzene rings is 1. The summed E-state index contributed by atoms with van der Waals surface area (Å²) in [6.45, 7) is 6.58. The summed E-state index contributed by atoms with van der Waals surface area (Å²) >= 11 is 0. The number of rotatable bonds is 4. The van der Waals surface area contributed by atoms with Gasteiger partial charge in [0, 0.05) is 17.4 Å². The highest BCUT2D eigenvalue weighted by atomic mass is 16.7. The van der Waals surface area contributed by atoms with Gasteiger partial charge in [-0.25, -0.2) is 0 Å². The number of ketones is 1. The molecular weight excluding hydrogens is 360 g/mol. The topological polar surface area (TPSA) is 63.2 Å². The molecule has 3 aliphatic carbocycles. The second kappa shape index (κ2) is 4.92. The van der Waals surface area contributed by atoms with E-state index in [0.29, 0.717) is 29.4 Å². The Morgan fingerprint density at radius 3 is 2.93 bits per heavy atom. The maximum atomic E-state index is 13.5. The normalized spacial score (nSPS) is 41.1. The van der Waals surface area contributed by atoms with Crippen LogP contribution < -0.4 is 14.2 Å². The lowest BCUT2D eigenvalue weighted by Gasteiger charge is -2.63. The molecule has 1 saturated heterocycles. The van der Waals surface area contributed by atoms with Gasteiger partial charge in [-0.1, -0.05) is 13.0 Å². The van der Waals surface area contributed by atoms with Gasteiger partial charge < -0.3 is 23.7 Å². The zero-order chi connectivity index (χ0) is 19.3. The minimum absolute atomic E-state index is 0.0165. The molecule has 0 aromatic heterocycles. The molecule has 1 aromatic carbocycles. The van der Waals surface area contributed by atoms with E-state index in [9.17, 15) is 4.79 Å². The summed E-state index contributed by atoms with van der Waals surface area (Å²) in [6, 6.07) is 3.98. The van der Waals surface area contributed by atoms with Gasteiger partial charge in [-0.3, -0.25) is 4.79 Å². The zero-order valence-corrected chi connectivity index (χ0v) is 15.9. The van der Waals surface area contributed by atoms with Crippen molar-refractivity contribution in [2.24, 2.45) is 16.7 Å². The Kier molecular flexibility index (Phi) is 2.90. The van der Waals surface area contributed by atoms with E-state index in [0.717, 1.165) is 12.0 Å². The Labute approximate surface area is 163 Å². The first-order valence-electron chi connectivity index (χ1n) is 9.67. The van der Waals surface area contributed by atoms with Gasteiger partial charge in [-0.15, -0.1) is 6.58 Å². The highest BCUT2D eigenvalue weighted by Crippen LogP contribution is 2.89. The van der Waals surface area contributed by atoms with Gasteiger partial charge in [0.05, 0.1) is 12.5 Å². The number of methoxy groups -OCH3 is 1. The average molecular weight is 382 g/mol. The quantitative estimate of drug-likeness (QED) is 0.745. The first-order chi connectivity index (χ1) is 13.6. The molecule has 1 aromatic rings. The van der Waals surface area contributed by atoms with E-state index >= 15 is 0 Å². The highest BCUT2D eigenvalue weighted by Gasteiger charge is 2.92. The van der Waals surface area contributed by atoms with Crippen molar-refractivity contribution < 1.29 is 28.5 Å². The summed E-state index contributed by atoms with van der Waals surface area (Å²) < 4.78 is 28.5. The SMILES string of the molecule is C=CCC12C(=O)C=C3OCOC34CC41C(C)C2c1cc(OC)c2c(c1)OCO2. The molecule has 28 heavy (non-hydrogen) atoms. The molecule has 0 amide bonds. The first-order valence-corrected chi connectivity index (χ1v) is 9.67. The summed E-state index contributed by atoms with van der Waals surface area (Å²) in [5.74, 6) is 3.01. The molecule has 2 heterocycles. The van der Waals surface area contributed by atoms with Crippen molar-refractivity contribution >= 4 is 5.78 Å². The van der Waals surface area contributed by atoms with Crippen LogP contribution in [0.1, 0.15) is 31.2 Å². The standard InChI is InChI=1S/C22H22O6/c1-4-5-20-16(23)8-17-22(28-11-26-17)9-21(20,22)12(2)18(20)13-6-14(24-3)19-15(7-13)25-10-27-19/h4,6-8,12,18H,1,5,9-11H2,2-3H3. The van der Waals surface area contributed by atoms with Crippen LogP contribution in [0.5, 0.6) is 17.2 Å². The van der Waals surface area contributed by atoms with Crippen LogP contribution in [0.4, 0.5) is 0 Å². The molecule has 6 nitrogen and oxygen atoms in total. The summed E-state index contributed by atoms with van der Waals surface area (Å²) in [5.41, 5.74) is -0.225. The number of allylic oxidation sites excluding steroid dienone is 2. The largest absolute Gasteiger partial charge is 0.493 e. The third-order valence-electron chi connectivity index (χ3n) is 7.85. The van der Waals surface area contributed by atoms with Crippen LogP contribution >= 0.6 is 0 Å². The molecule has 6 rings (SSSR count). The molecule has 2 saturated carbocycles. The van der Waals surface area contributed by atoms with E-state index in [-0.39, 0.29) is 36.6 Å². The molecular formula is C22H22O6. The molecule has 5 unspecified atom stereocenters. The van der Waals surface area contributed by atoms with E-state index in [4.69, 9.17) is 23.7 Å². The predicted octanol–water partition coefficient (Wildman–Crippen LogP) is 3.32.